The van der Waals surface area contributed by atoms with Crippen LogP contribution in [0.2, 0.25) is 0 Å². The number of hydrogen-bond donors (Lipinski definition) is 3. The summed E-state index contributed by atoms with van der Waals surface area (Å²) in [6.07, 6.45) is 2.60. The molecule has 0 aromatic heterocycles. The van der Waals surface area contributed by atoms with Crippen LogP contribution in [0.1, 0.15) is 45.6 Å². The van der Waals surface area contributed by atoms with Gasteiger partial charge >= 0.3 is 0 Å². The highest BCUT2D eigenvalue weighted by Gasteiger charge is 2.22. The molecule has 1 heterocycles. The molecule has 1 unspecified atom stereocenters. The number of anilines is 2. The van der Waals surface area contributed by atoms with Crippen LogP contribution in [0.4, 0.5) is 11.4 Å². The first kappa shape index (κ1) is 21.5. The lowest BCUT2D eigenvalue weighted by Gasteiger charge is -2.19. The van der Waals surface area contributed by atoms with Gasteiger partial charge in [-0.05, 0) is 56.5 Å². The number of amides is 2. The van der Waals surface area contributed by atoms with Crippen LogP contribution in [0.5, 0.6) is 0 Å². The van der Waals surface area contributed by atoms with Crippen molar-refractivity contribution in [3.63, 3.8) is 0 Å². The molecular weight excluding hydrogens is 338 g/mol. The third-order valence-corrected chi connectivity index (χ3v) is 4.39. The first-order valence-corrected chi connectivity index (χ1v) is 8.68. The summed E-state index contributed by atoms with van der Waals surface area (Å²) < 4.78 is 0. The fourth-order valence-electron chi connectivity index (χ4n) is 2.66. The number of carbonyl (C=O) groups is 2. The molecule has 2 rings (SSSR count). The van der Waals surface area contributed by atoms with Crippen LogP contribution in [0.25, 0.3) is 0 Å². The van der Waals surface area contributed by atoms with Crippen molar-refractivity contribution < 1.29 is 9.59 Å². The number of hydrogen-bond acceptors (Lipinski definition) is 3. The summed E-state index contributed by atoms with van der Waals surface area (Å²) in [5.41, 5.74) is 1.98. The Morgan fingerprint density at radius 2 is 1.96 bits per heavy atom. The van der Waals surface area contributed by atoms with Gasteiger partial charge < -0.3 is 16.0 Å². The zero-order chi connectivity index (χ0) is 17.7. The van der Waals surface area contributed by atoms with Crippen LogP contribution in [0, 0.1) is 18.3 Å². The fourth-order valence-corrected chi connectivity index (χ4v) is 2.66. The van der Waals surface area contributed by atoms with Crippen molar-refractivity contribution in [1.82, 2.24) is 5.32 Å². The zero-order valence-electron chi connectivity index (χ0n) is 15.6. The van der Waals surface area contributed by atoms with E-state index in [0.29, 0.717) is 12.3 Å². The van der Waals surface area contributed by atoms with E-state index in [4.69, 9.17) is 0 Å². The molecule has 1 fully saturated rings. The molecule has 2 amide bonds. The van der Waals surface area contributed by atoms with Gasteiger partial charge in [0.1, 0.15) is 0 Å². The summed E-state index contributed by atoms with van der Waals surface area (Å²) in [5, 5.41) is 9.19. The van der Waals surface area contributed by atoms with Crippen LogP contribution in [0.3, 0.4) is 0 Å². The highest BCUT2D eigenvalue weighted by atomic mass is 35.5. The smallest absolute Gasteiger partial charge is 0.229 e. The summed E-state index contributed by atoms with van der Waals surface area (Å²) >= 11 is 0. The van der Waals surface area contributed by atoms with E-state index < -0.39 is 5.41 Å². The van der Waals surface area contributed by atoms with Crippen molar-refractivity contribution in [3.05, 3.63) is 23.8 Å². The Hall–Kier alpha value is -1.59. The molecule has 25 heavy (non-hydrogen) atoms. The van der Waals surface area contributed by atoms with E-state index >= 15 is 0 Å². The number of benzene rings is 1. The van der Waals surface area contributed by atoms with Crippen LogP contribution in [-0.4, -0.2) is 24.9 Å². The van der Waals surface area contributed by atoms with Crippen molar-refractivity contribution in [3.8, 4) is 0 Å². The quantitative estimate of drug-likeness (QED) is 0.742. The molecule has 1 aromatic carbocycles. The zero-order valence-corrected chi connectivity index (χ0v) is 16.4. The van der Waals surface area contributed by atoms with Crippen LogP contribution >= 0.6 is 12.4 Å². The second-order valence-corrected chi connectivity index (χ2v) is 7.68. The first-order valence-electron chi connectivity index (χ1n) is 8.68. The Kier molecular flexibility index (Phi) is 7.90. The molecule has 3 N–H and O–H groups in total. The number of carbonyl (C=O) groups excluding carboxylic acids is 2. The van der Waals surface area contributed by atoms with E-state index in [1.54, 1.807) is 0 Å². The average molecular weight is 368 g/mol. The summed E-state index contributed by atoms with van der Waals surface area (Å²) in [7, 11) is 0. The summed E-state index contributed by atoms with van der Waals surface area (Å²) in [5.74, 6) is 0.595. The largest absolute Gasteiger partial charge is 0.326 e. The Balaban J connectivity index is 0.00000312. The predicted molar refractivity (Wildman–Crippen MR) is 105 cm³/mol. The molecule has 140 valence electrons. The minimum absolute atomic E-state index is 0. The lowest BCUT2D eigenvalue weighted by atomic mass is 9.95. The van der Waals surface area contributed by atoms with Crippen LogP contribution in [-0.2, 0) is 9.59 Å². The van der Waals surface area contributed by atoms with E-state index in [0.717, 1.165) is 42.9 Å². The molecular formula is C19H30ClN3O2. The van der Waals surface area contributed by atoms with Crippen molar-refractivity contribution in [2.45, 2.75) is 47.0 Å². The number of halogens is 1. The molecule has 5 nitrogen and oxygen atoms in total. The van der Waals surface area contributed by atoms with E-state index in [9.17, 15) is 9.59 Å². The molecule has 0 saturated carbocycles. The van der Waals surface area contributed by atoms with Crippen molar-refractivity contribution in [2.75, 3.05) is 23.7 Å². The highest BCUT2D eigenvalue weighted by molar-refractivity contribution is 5.97. The van der Waals surface area contributed by atoms with Gasteiger partial charge in [0.15, 0.2) is 0 Å². The fraction of sp³-hybridized carbons (Fsp3) is 0.579. The lowest BCUT2D eigenvalue weighted by molar-refractivity contribution is -0.123. The second kappa shape index (κ2) is 9.20. The third-order valence-electron chi connectivity index (χ3n) is 4.39. The van der Waals surface area contributed by atoms with Crippen molar-refractivity contribution >= 4 is 35.6 Å². The summed E-state index contributed by atoms with van der Waals surface area (Å²) in [6, 6.07) is 5.61. The molecule has 6 heteroatoms. The minimum atomic E-state index is -0.457. The summed E-state index contributed by atoms with van der Waals surface area (Å²) in [6.45, 7) is 9.64. The monoisotopic (exact) mass is 367 g/mol. The maximum absolute atomic E-state index is 12.2. The first-order chi connectivity index (χ1) is 11.3. The van der Waals surface area contributed by atoms with E-state index in [1.807, 2.05) is 45.9 Å². The van der Waals surface area contributed by atoms with Gasteiger partial charge in [-0.2, -0.15) is 0 Å². The Morgan fingerprint density at radius 3 is 2.56 bits per heavy atom. The van der Waals surface area contributed by atoms with Crippen LogP contribution < -0.4 is 16.0 Å². The van der Waals surface area contributed by atoms with Gasteiger partial charge in [0, 0.05) is 23.2 Å². The van der Waals surface area contributed by atoms with Gasteiger partial charge in [0.05, 0.1) is 0 Å². The molecule has 0 radical (unpaired) electrons. The number of rotatable bonds is 5. The maximum atomic E-state index is 12.2. The number of nitrogens with one attached hydrogen (secondary N) is 3. The predicted octanol–water partition coefficient (Wildman–Crippen LogP) is 3.73. The summed E-state index contributed by atoms with van der Waals surface area (Å²) in [4.78, 5) is 24.3. The average Bonchev–Trinajstić information content (AvgIpc) is 3.01. The third kappa shape index (κ3) is 6.67. The molecule has 1 atom stereocenters. The molecule has 1 aromatic rings. The SMILES string of the molecule is Cc1ccc(NC(=O)CCC2CCNC2)cc1NC(=O)C(C)(C)C.Cl. The van der Waals surface area contributed by atoms with Gasteiger partial charge in [0.25, 0.3) is 0 Å². The number of aryl methyl sites for hydroxylation is 1. The molecule has 0 spiro atoms. The van der Waals surface area contributed by atoms with Gasteiger partial charge in [-0.25, -0.2) is 0 Å². The molecule has 1 aliphatic heterocycles. The highest BCUT2D eigenvalue weighted by Crippen LogP contribution is 2.24. The van der Waals surface area contributed by atoms with Crippen molar-refractivity contribution in [1.29, 1.82) is 0 Å². The van der Waals surface area contributed by atoms with E-state index in [1.165, 1.54) is 0 Å². The second-order valence-electron chi connectivity index (χ2n) is 7.68. The van der Waals surface area contributed by atoms with Crippen molar-refractivity contribution in [2.24, 2.45) is 11.3 Å². The Labute approximate surface area is 156 Å². The Morgan fingerprint density at radius 1 is 1.24 bits per heavy atom. The molecule has 0 bridgehead atoms. The molecule has 0 aliphatic carbocycles. The lowest BCUT2D eigenvalue weighted by Crippen LogP contribution is -2.28. The van der Waals surface area contributed by atoms with E-state index in [-0.39, 0.29) is 24.2 Å². The molecule has 1 saturated heterocycles. The normalized spacial score (nSPS) is 16.9. The van der Waals surface area contributed by atoms with Gasteiger partial charge in [-0.1, -0.05) is 26.8 Å². The Bertz CT molecular complexity index is 605. The molecule has 1 aliphatic rings. The van der Waals surface area contributed by atoms with Crippen LogP contribution in [0.15, 0.2) is 18.2 Å². The van der Waals surface area contributed by atoms with Gasteiger partial charge in [0.2, 0.25) is 11.8 Å². The minimum Gasteiger partial charge on any atom is -0.326 e. The van der Waals surface area contributed by atoms with Gasteiger partial charge in [-0.15, -0.1) is 12.4 Å². The standard InChI is InChI=1S/C19H29N3O2.ClH/c1-13-5-7-15(11-16(13)22-18(24)19(2,3)4)21-17(23)8-6-14-9-10-20-12-14;/h5,7,11,14,20H,6,8-10,12H2,1-4H3,(H,21,23)(H,22,24);1H. The van der Waals surface area contributed by atoms with E-state index in [2.05, 4.69) is 16.0 Å². The topological polar surface area (TPSA) is 70.2 Å². The maximum Gasteiger partial charge on any atom is 0.229 e. The van der Waals surface area contributed by atoms with Gasteiger partial charge in [-0.3, -0.25) is 9.59 Å².